The van der Waals surface area contributed by atoms with Crippen molar-refractivity contribution in [1.82, 2.24) is 0 Å². The van der Waals surface area contributed by atoms with Crippen LogP contribution in [0.5, 0.6) is 0 Å². The van der Waals surface area contributed by atoms with E-state index >= 15 is 0 Å². The Kier molecular flexibility index (Phi) is 4.10. The average molecular weight is 288 g/mol. The van der Waals surface area contributed by atoms with E-state index in [0.717, 1.165) is 17.3 Å². The molecule has 102 valence electrons. The molecule has 0 atom stereocenters. The lowest BCUT2D eigenvalue weighted by molar-refractivity contribution is 0.0683. The van der Waals surface area contributed by atoms with Gasteiger partial charge < -0.3 is 10.2 Å². The molecule has 4 nitrogen and oxygen atoms in total. The van der Waals surface area contributed by atoms with Gasteiger partial charge in [-0.2, -0.15) is 0 Å². The minimum absolute atomic E-state index is 0.164. The van der Waals surface area contributed by atoms with Gasteiger partial charge in [0.1, 0.15) is 0 Å². The van der Waals surface area contributed by atoms with Crippen molar-refractivity contribution in [2.24, 2.45) is 0 Å². The molecule has 2 N–H and O–H groups in total. The SMILES string of the molecule is Cc1cccc(C(=O)O)c1Sc1ccccc1C(=O)O. The molecule has 0 bridgehead atoms. The molecular weight excluding hydrogens is 276 g/mol. The van der Waals surface area contributed by atoms with Gasteiger partial charge in [0, 0.05) is 9.79 Å². The van der Waals surface area contributed by atoms with Crippen LogP contribution >= 0.6 is 11.8 Å². The van der Waals surface area contributed by atoms with Crippen LogP contribution in [0.4, 0.5) is 0 Å². The van der Waals surface area contributed by atoms with E-state index in [1.54, 1.807) is 37.3 Å². The van der Waals surface area contributed by atoms with E-state index in [9.17, 15) is 14.7 Å². The molecule has 0 unspecified atom stereocenters. The van der Waals surface area contributed by atoms with Crippen molar-refractivity contribution in [3.8, 4) is 0 Å². The van der Waals surface area contributed by atoms with E-state index < -0.39 is 11.9 Å². The van der Waals surface area contributed by atoms with E-state index in [1.807, 2.05) is 0 Å². The summed E-state index contributed by atoms with van der Waals surface area (Å²) < 4.78 is 0. The number of hydrogen-bond acceptors (Lipinski definition) is 3. The van der Waals surface area contributed by atoms with Crippen LogP contribution in [0.3, 0.4) is 0 Å². The Bertz CT molecular complexity index is 679. The summed E-state index contributed by atoms with van der Waals surface area (Å²) in [5.41, 5.74) is 1.14. The summed E-state index contributed by atoms with van der Waals surface area (Å²) in [5.74, 6) is -2.05. The van der Waals surface area contributed by atoms with E-state index in [2.05, 4.69) is 0 Å². The van der Waals surface area contributed by atoms with E-state index in [4.69, 9.17) is 5.11 Å². The lowest BCUT2D eigenvalue weighted by Crippen LogP contribution is -2.02. The number of rotatable bonds is 4. The van der Waals surface area contributed by atoms with Crippen LogP contribution in [0.1, 0.15) is 26.3 Å². The van der Waals surface area contributed by atoms with Crippen molar-refractivity contribution in [2.75, 3.05) is 0 Å². The molecule has 0 radical (unpaired) electrons. The van der Waals surface area contributed by atoms with Crippen molar-refractivity contribution in [3.63, 3.8) is 0 Å². The zero-order valence-electron chi connectivity index (χ0n) is 10.7. The van der Waals surface area contributed by atoms with E-state index in [1.165, 1.54) is 12.1 Å². The summed E-state index contributed by atoms with van der Waals surface area (Å²) in [7, 11) is 0. The summed E-state index contributed by atoms with van der Waals surface area (Å²) >= 11 is 1.16. The second-order valence-corrected chi connectivity index (χ2v) is 5.21. The van der Waals surface area contributed by atoms with Crippen molar-refractivity contribution in [3.05, 3.63) is 59.2 Å². The number of benzene rings is 2. The predicted molar refractivity (Wildman–Crippen MR) is 75.7 cm³/mol. The number of carbonyl (C=O) groups is 2. The third-order valence-electron chi connectivity index (χ3n) is 2.77. The fourth-order valence-electron chi connectivity index (χ4n) is 1.80. The van der Waals surface area contributed by atoms with Gasteiger partial charge in [-0.3, -0.25) is 0 Å². The third kappa shape index (κ3) is 2.83. The summed E-state index contributed by atoms with van der Waals surface area (Å²) in [4.78, 5) is 23.5. The quantitative estimate of drug-likeness (QED) is 0.900. The molecule has 0 aliphatic heterocycles. The topological polar surface area (TPSA) is 74.6 Å². The monoisotopic (exact) mass is 288 g/mol. The Hall–Kier alpha value is -2.27. The van der Waals surface area contributed by atoms with Crippen molar-refractivity contribution in [2.45, 2.75) is 16.7 Å². The Morgan fingerprint density at radius 2 is 1.50 bits per heavy atom. The molecule has 0 aromatic heterocycles. The van der Waals surface area contributed by atoms with Crippen LogP contribution in [0.2, 0.25) is 0 Å². The fraction of sp³-hybridized carbons (Fsp3) is 0.0667. The molecule has 2 aromatic rings. The molecule has 0 aliphatic rings. The molecule has 0 heterocycles. The first-order chi connectivity index (χ1) is 9.50. The van der Waals surface area contributed by atoms with Gasteiger partial charge in [-0.05, 0) is 30.7 Å². The highest BCUT2D eigenvalue weighted by Gasteiger charge is 2.16. The second-order valence-electron chi connectivity index (χ2n) is 4.16. The average Bonchev–Trinajstić information content (AvgIpc) is 2.41. The Balaban J connectivity index is 2.51. The number of aryl methyl sites for hydroxylation is 1. The number of carboxylic acid groups (broad SMARTS) is 2. The summed E-state index contributed by atoms with van der Waals surface area (Å²) in [5, 5.41) is 18.4. The Morgan fingerprint density at radius 3 is 2.15 bits per heavy atom. The number of carboxylic acids is 2. The lowest BCUT2D eigenvalue weighted by atomic mass is 10.1. The van der Waals surface area contributed by atoms with Gasteiger partial charge in [0.2, 0.25) is 0 Å². The van der Waals surface area contributed by atoms with Crippen LogP contribution in [0.25, 0.3) is 0 Å². The van der Waals surface area contributed by atoms with Crippen LogP contribution in [0.15, 0.2) is 52.3 Å². The van der Waals surface area contributed by atoms with Gasteiger partial charge in [-0.1, -0.05) is 36.0 Å². The normalized spacial score (nSPS) is 10.2. The van der Waals surface area contributed by atoms with Crippen molar-refractivity contribution in [1.29, 1.82) is 0 Å². The van der Waals surface area contributed by atoms with Crippen LogP contribution in [0, 0.1) is 6.92 Å². The molecule has 0 saturated carbocycles. The highest BCUT2D eigenvalue weighted by atomic mass is 32.2. The molecule has 2 aromatic carbocycles. The summed E-state index contributed by atoms with van der Waals surface area (Å²) in [6.07, 6.45) is 0. The van der Waals surface area contributed by atoms with Gasteiger partial charge in [-0.15, -0.1) is 0 Å². The second kappa shape index (κ2) is 5.79. The molecule has 2 rings (SSSR count). The van der Waals surface area contributed by atoms with E-state index in [-0.39, 0.29) is 11.1 Å². The highest BCUT2D eigenvalue weighted by molar-refractivity contribution is 7.99. The van der Waals surface area contributed by atoms with Gasteiger partial charge >= 0.3 is 11.9 Å². The Labute approximate surface area is 120 Å². The summed E-state index contributed by atoms with van der Waals surface area (Å²) in [6.45, 7) is 1.80. The maximum Gasteiger partial charge on any atom is 0.336 e. The minimum atomic E-state index is -1.03. The number of aromatic carboxylic acids is 2. The van der Waals surface area contributed by atoms with Crippen LogP contribution in [-0.4, -0.2) is 22.2 Å². The van der Waals surface area contributed by atoms with Crippen LogP contribution < -0.4 is 0 Å². The highest BCUT2D eigenvalue weighted by Crippen LogP contribution is 2.35. The van der Waals surface area contributed by atoms with Gasteiger partial charge in [0.15, 0.2) is 0 Å². The standard InChI is InChI=1S/C15H12O4S/c1-9-5-4-7-11(15(18)19)13(9)20-12-8-3-2-6-10(12)14(16)17/h2-8H,1H3,(H,16,17)(H,18,19). The van der Waals surface area contributed by atoms with Gasteiger partial charge in [-0.25, -0.2) is 9.59 Å². The van der Waals surface area contributed by atoms with E-state index in [0.29, 0.717) is 9.79 Å². The summed E-state index contributed by atoms with van der Waals surface area (Å²) in [6, 6.07) is 11.5. The number of hydrogen-bond donors (Lipinski definition) is 2. The van der Waals surface area contributed by atoms with Crippen LogP contribution in [-0.2, 0) is 0 Å². The predicted octanol–water partition coefficient (Wildman–Crippen LogP) is 3.54. The molecule has 0 amide bonds. The molecule has 5 heteroatoms. The van der Waals surface area contributed by atoms with Gasteiger partial charge in [0.25, 0.3) is 0 Å². The third-order valence-corrected chi connectivity index (χ3v) is 4.09. The smallest absolute Gasteiger partial charge is 0.336 e. The van der Waals surface area contributed by atoms with Gasteiger partial charge in [0.05, 0.1) is 11.1 Å². The first-order valence-corrected chi connectivity index (χ1v) is 6.65. The zero-order valence-corrected chi connectivity index (χ0v) is 11.5. The molecular formula is C15H12O4S. The zero-order chi connectivity index (χ0) is 14.7. The van der Waals surface area contributed by atoms with Crippen molar-refractivity contribution >= 4 is 23.7 Å². The molecule has 0 fully saturated rings. The molecule has 0 aliphatic carbocycles. The fourth-order valence-corrected chi connectivity index (χ4v) is 2.92. The first kappa shape index (κ1) is 14.1. The molecule has 20 heavy (non-hydrogen) atoms. The minimum Gasteiger partial charge on any atom is -0.478 e. The maximum absolute atomic E-state index is 11.3. The lowest BCUT2D eigenvalue weighted by Gasteiger charge is -2.10. The molecule has 0 spiro atoms. The Morgan fingerprint density at radius 1 is 0.900 bits per heavy atom. The molecule has 0 saturated heterocycles. The van der Waals surface area contributed by atoms with Crippen molar-refractivity contribution < 1.29 is 19.8 Å². The first-order valence-electron chi connectivity index (χ1n) is 5.84. The maximum atomic E-state index is 11.3. The largest absolute Gasteiger partial charge is 0.478 e.